The van der Waals surface area contributed by atoms with E-state index in [0.717, 1.165) is 11.1 Å². The van der Waals surface area contributed by atoms with Gasteiger partial charge in [0.05, 0.1) is 0 Å². The van der Waals surface area contributed by atoms with E-state index in [0.29, 0.717) is 0 Å². The Balaban J connectivity index is 2.97. The number of hydrogen-bond donors (Lipinski definition) is 1. The molecule has 0 bridgehead atoms. The minimum atomic E-state index is -0.341. The molecule has 0 spiro atoms. The molecule has 0 aromatic carbocycles. The van der Waals surface area contributed by atoms with Crippen LogP contribution in [0.1, 0.15) is 12.5 Å². The number of aromatic amines is 1. The van der Waals surface area contributed by atoms with Crippen molar-refractivity contribution in [2.75, 3.05) is 0 Å². The van der Waals surface area contributed by atoms with Crippen LogP contribution in [0.5, 0.6) is 0 Å². The monoisotopic (exact) mass is 162 g/mol. The molecule has 0 unspecified atom stereocenters. The molecule has 1 heterocycles. The molecule has 62 valence electrons. The van der Waals surface area contributed by atoms with Crippen molar-refractivity contribution >= 4 is 5.57 Å². The third-order valence-electron chi connectivity index (χ3n) is 1.41. The summed E-state index contributed by atoms with van der Waals surface area (Å²) in [7, 11) is 0. The largest absolute Gasteiger partial charge is 0.344 e. The summed E-state index contributed by atoms with van der Waals surface area (Å²) in [5.74, 6) is 0. The van der Waals surface area contributed by atoms with E-state index in [1.165, 1.54) is 6.20 Å². The van der Waals surface area contributed by atoms with Gasteiger partial charge in [-0.3, -0.25) is 0 Å². The molecule has 0 saturated heterocycles. The van der Waals surface area contributed by atoms with E-state index in [1.807, 2.05) is 19.1 Å². The van der Waals surface area contributed by atoms with Crippen molar-refractivity contribution in [1.29, 1.82) is 0 Å². The first-order chi connectivity index (χ1) is 5.74. The van der Waals surface area contributed by atoms with Crippen LogP contribution in [-0.4, -0.2) is 9.97 Å². The lowest BCUT2D eigenvalue weighted by atomic mass is 10.1. The Morgan fingerprint density at radius 2 is 2.50 bits per heavy atom. The number of nitrogens with one attached hydrogen (secondary N) is 1. The maximum Gasteiger partial charge on any atom is 0.344 e. The Labute approximate surface area is 70.5 Å². The quantitative estimate of drug-likeness (QED) is 0.667. The molecule has 0 fully saturated rings. The lowest BCUT2D eigenvalue weighted by molar-refractivity contribution is 1.07. The molecule has 0 aliphatic rings. The van der Waals surface area contributed by atoms with Crippen LogP contribution in [0.4, 0.5) is 0 Å². The van der Waals surface area contributed by atoms with E-state index < -0.39 is 0 Å². The van der Waals surface area contributed by atoms with Crippen molar-refractivity contribution in [2.24, 2.45) is 0 Å². The molecule has 12 heavy (non-hydrogen) atoms. The van der Waals surface area contributed by atoms with Crippen LogP contribution in [0, 0.1) is 0 Å². The third kappa shape index (κ3) is 1.92. The number of allylic oxidation sites excluding steroid dienone is 3. The van der Waals surface area contributed by atoms with Gasteiger partial charge in [0.15, 0.2) is 0 Å². The molecule has 3 heteroatoms. The van der Waals surface area contributed by atoms with Gasteiger partial charge in [-0.05, 0) is 12.5 Å². The Morgan fingerprint density at radius 3 is 3.00 bits per heavy atom. The van der Waals surface area contributed by atoms with Crippen LogP contribution in [0.15, 0.2) is 35.9 Å². The fraction of sp³-hybridized carbons (Fsp3) is 0.111. The lowest BCUT2D eigenvalue weighted by Crippen LogP contribution is -2.08. The molecular formula is C9H10N2O. The molecular weight excluding hydrogens is 152 g/mol. The summed E-state index contributed by atoms with van der Waals surface area (Å²) in [5, 5.41) is 0. The first-order valence-corrected chi connectivity index (χ1v) is 3.60. The second-order valence-corrected chi connectivity index (χ2v) is 2.33. The highest BCUT2D eigenvalue weighted by molar-refractivity contribution is 5.70. The van der Waals surface area contributed by atoms with E-state index in [-0.39, 0.29) is 5.69 Å². The Hall–Kier alpha value is -1.64. The zero-order chi connectivity index (χ0) is 8.97. The Morgan fingerprint density at radius 1 is 1.75 bits per heavy atom. The zero-order valence-corrected chi connectivity index (χ0v) is 6.87. The second-order valence-electron chi connectivity index (χ2n) is 2.33. The molecule has 0 saturated carbocycles. The van der Waals surface area contributed by atoms with Gasteiger partial charge in [-0.1, -0.05) is 18.7 Å². The predicted molar refractivity (Wildman–Crippen MR) is 48.7 cm³/mol. The first kappa shape index (κ1) is 8.46. The highest BCUT2D eigenvalue weighted by atomic mass is 16.1. The topological polar surface area (TPSA) is 45.8 Å². The molecule has 0 amide bonds. The number of hydrogen-bond acceptors (Lipinski definition) is 2. The van der Waals surface area contributed by atoms with Crippen LogP contribution in [0.2, 0.25) is 0 Å². The molecule has 3 nitrogen and oxygen atoms in total. The number of aromatic nitrogens is 2. The number of nitrogens with zero attached hydrogens (tertiary/aromatic N) is 1. The summed E-state index contributed by atoms with van der Waals surface area (Å²) in [4.78, 5) is 16.6. The van der Waals surface area contributed by atoms with Crippen molar-refractivity contribution in [3.05, 3.63) is 47.2 Å². The SMILES string of the molecule is C=C(/C=C\C)c1cnc(=O)[nH]c1. The molecule has 0 atom stereocenters. The van der Waals surface area contributed by atoms with E-state index in [1.54, 1.807) is 6.20 Å². The summed E-state index contributed by atoms with van der Waals surface area (Å²) in [6.07, 6.45) is 6.83. The maximum absolute atomic E-state index is 10.6. The van der Waals surface area contributed by atoms with E-state index in [4.69, 9.17) is 0 Å². The van der Waals surface area contributed by atoms with Gasteiger partial charge in [-0.15, -0.1) is 0 Å². The Bertz CT molecular complexity index is 343. The van der Waals surface area contributed by atoms with E-state index in [2.05, 4.69) is 16.5 Å². The van der Waals surface area contributed by atoms with Crippen LogP contribution < -0.4 is 5.69 Å². The fourth-order valence-corrected chi connectivity index (χ4v) is 0.815. The number of rotatable bonds is 2. The van der Waals surface area contributed by atoms with Gasteiger partial charge in [-0.25, -0.2) is 9.78 Å². The highest BCUT2D eigenvalue weighted by Gasteiger charge is 1.93. The molecule has 0 aliphatic carbocycles. The molecule has 0 radical (unpaired) electrons. The minimum absolute atomic E-state index is 0.341. The standard InChI is InChI=1S/C9H10N2O/c1-3-4-7(2)8-5-10-9(12)11-6-8/h3-6H,2H2,1H3,(H,10,11,12)/b4-3-. The van der Waals surface area contributed by atoms with Gasteiger partial charge in [0.25, 0.3) is 0 Å². The summed E-state index contributed by atoms with van der Waals surface area (Å²) in [6.45, 7) is 5.70. The van der Waals surface area contributed by atoms with Crippen molar-refractivity contribution < 1.29 is 0 Å². The predicted octanol–water partition coefficient (Wildman–Crippen LogP) is 1.36. The third-order valence-corrected chi connectivity index (χ3v) is 1.41. The van der Waals surface area contributed by atoms with Crippen molar-refractivity contribution in [1.82, 2.24) is 9.97 Å². The van der Waals surface area contributed by atoms with Crippen LogP contribution in [0.25, 0.3) is 5.57 Å². The summed E-state index contributed by atoms with van der Waals surface area (Å²) in [6, 6.07) is 0. The van der Waals surface area contributed by atoms with Gasteiger partial charge in [-0.2, -0.15) is 0 Å². The second kappa shape index (κ2) is 3.67. The molecule has 1 aromatic heterocycles. The average molecular weight is 162 g/mol. The number of H-pyrrole nitrogens is 1. The van der Waals surface area contributed by atoms with Gasteiger partial charge < -0.3 is 4.98 Å². The summed E-state index contributed by atoms with van der Waals surface area (Å²) < 4.78 is 0. The smallest absolute Gasteiger partial charge is 0.312 e. The zero-order valence-electron chi connectivity index (χ0n) is 6.87. The van der Waals surface area contributed by atoms with Crippen molar-refractivity contribution in [3.63, 3.8) is 0 Å². The summed E-state index contributed by atoms with van der Waals surface area (Å²) in [5.41, 5.74) is 1.32. The maximum atomic E-state index is 10.6. The van der Waals surface area contributed by atoms with E-state index in [9.17, 15) is 4.79 Å². The molecule has 1 aromatic rings. The van der Waals surface area contributed by atoms with Gasteiger partial charge >= 0.3 is 5.69 Å². The molecule has 0 aliphatic heterocycles. The summed E-state index contributed by atoms with van der Waals surface area (Å²) >= 11 is 0. The van der Waals surface area contributed by atoms with Crippen LogP contribution in [-0.2, 0) is 0 Å². The van der Waals surface area contributed by atoms with Gasteiger partial charge in [0.2, 0.25) is 0 Å². The van der Waals surface area contributed by atoms with Gasteiger partial charge in [0.1, 0.15) is 0 Å². The Kier molecular flexibility index (Phi) is 2.58. The molecule has 1 N–H and O–H groups in total. The molecule has 1 rings (SSSR count). The van der Waals surface area contributed by atoms with Crippen molar-refractivity contribution in [2.45, 2.75) is 6.92 Å². The fourth-order valence-electron chi connectivity index (χ4n) is 0.815. The van der Waals surface area contributed by atoms with Crippen molar-refractivity contribution in [3.8, 4) is 0 Å². The first-order valence-electron chi connectivity index (χ1n) is 3.60. The van der Waals surface area contributed by atoms with Crippen LogP contribution in [0.3, 0.4) is 0 Å². The lowest BCUT2D eigenvalue weighted by Gasteiger charge is -1.96. The van der Waals surface area contributed by atoms with Crippen LogP contribution >= 0.6 is 0 Å². The average Bonchev–Trinajstić information content (AvgIpc) is 2.06. The van der Waals surface area contributed by atoms with E-state index >= 15 is 0 Å². The normalized spacial score (nSPS) is 10.4. The van der Waals surface area contributed by atoms with Gasteiger partial charge in [0, 0.05) is 18.0 Å². The highest BCUT2D eigenvalue weighted by Crippen LogP contribution is 2.08. The minimum Gasteiger partial charge on any atom is -0.312 e.